The highest BCUT2D eigenvalue weighted by molar-refractivity contribution is 6.27. The molecule has 0 spiro atoms. The Morgan fingerprint density at radius 1 is 1.62 bits per heavy atom. The molecule has 0 unspecified atom stereocenters. The molecule has 0 aliphatic heterocycles. The van der Waals surface area contributed by atoms with Gasteiger partial charge in [-0.05, 0) is 18.2 Å². The van der Waals surface area contributed by atoms with Crippen LogP contribution in [0.15, 0.2) is 28.3 Å². The molecule has 42 valence electrons. The van der Waals surface area contributed by atoms with Gasteiger partial charge < -0.3 is 4.42 Å². The van der Waals surface area contributed by atoms with Crippen LogP contribution in [-0.4, -0.2) is 0 Å². The van der Waals surface area contributed by atoms with Crippen LogP contribution in [0.2, 0.25) is 0 Å². The van der Waals surface area contributed by atoms with Crippen LogP contribution >= 0.6 is 11.6 Å². The maximum Gasteiger partial charge on any atom is 0.127 e. The van der Waals surface area contributed by atoms with E-state index < -0.39 is 0 Å². The van der Waals surface area contributed by atoms with E-state index in [2.05, 4.69) is 0 Å². The summed E-state index contributed by atoms with van der Waals surface area (Å²) >= 11 is 5.25. The second-order valence-corrected chi connectivity index (χ2v) is 1.56. The van der Waals surface area contributed by atoms with Gasteiger partial charge >= 0.3 is 0 Å². The fourth-order valence-electron chi connectivity index (χ4n) is 0.448. The first-order chi connectivity index (χ1) is 3.93. The largest absolute Gasteiger partial charge is 0.465 e. The molecule has 1 rings (SSSR count). The summed E-state index contributed by atoms with van der Waals surface area (Å²) in [6.07, 6.45) is 3.29. The van der Waals surface area contributed by atoms with Crippen LogP contribution in [-0.2, 0) is 0 Å². The maximum absolute atomic E-state index is 5.25. The molecule has 0 radical (unpaired) electrons. The molecule has 1 aromatic rings. The second kappa shape index (κ2) is 2.58. The molecule has 0 N–H and O–H groups in total. The van der Waals surface area contributed by atoms with Gasteiger partial charge in [0.1, 0.15) is 5.76 Å². The summed E-state index contributed by atoms with van der Waals surface area (Å²) in [7, 11) is 0. The van der Waals surface area contributed by atoms with Crippen molar-refractivity contribution in [2.24, 2.45) is 0 Å². The molecule has 0 amide bonds. The van der Waals surface area contributed by atoms with E-state index in [0.717, 1.165) is 5.76 Å². The highest BCUT2D eigenvalue weighted by Crippen LogP contribution is 2.02. The van der Waals surface area contributed by atoms with E-state index in [9.17, 15) is 0 Å². The van der Waals surface area contributed by atoms with E-state index in [0.29, 0.717) is 0 Å². The van der Waals surface area contributed by atoms with Gasteiger partial charge in [0.15, 0.2) is 0 Å². The lowest BCUT2D eigenvalue weighted by atomic mass is 10.5. The molecule has 1 heterocycles. The van der Waals surface area contributed by atoms with Gasteiger partial charge in [0.2, 0.25) is 0 Å². The molecule has 0 saturated carbocycles. The van der Waals surface area contributed by atoms with Gasteiger partial charge in [0.05, 0.1) is 6.26 Å². The van der Waals surface area contributed by atoms with Gasteiger partial charge in [-0.2, -0.15) is 0 Å². The maximum atomic E-state index is 5.25. The minimum absolute atomic E-state index is 0.778. The molecule has 0 aliphatic carbocycles. The lowest BCUT2D eigenvalue weighted by Gasteiger charge is -1.75. The summed E-state index contributed by atoms with van der Waals surface area (Å²) in [4.78, 5) is 0. The summed E-state index contributed by atoms with van der Waals surface area (Å²) < 4.78 is 4.90. The Bertz CT molecular complexity index is 165. The first-order valence-electron chi connectivity index (χ1n) is 2.24. The van der Waals surface area contributed by atoms with Crippen LogP contribution in [0.4, 0.5) is 0 Å². The zero-order valence-corrected chi connectivity index (χ0v) is 4.93. The van der Waals surface area contributed by atoms with Crippen molar-refractivity contribution >= 4 is 17.7 Å². The molecule has 0 aliphatic rings. The monoisotopic (exact) mass is 128 g/mol. The van der Waals surface area contributed by atoms with Crippen molar-refractivity contribution in [1.82, 2.24) is 0 Å². The summed E-state index contributed by atoms with van der Waals surface area (Å²) in [6.45, 7) is 0. The topological polar surface area (TPSA) is 13.1 Å². The third-order valence-corrected chi connectivity index (χ3v) is 0.896. The van der Waals surface area contributed by atoms with Crippen LogP contribution < -0.4 is 0 Å². The van der Waals surface area contributed by atoms with Crippen molar-refractivity contribution in [3.63, 3.8) is 0 Å². The van der Waals surface area contributed by atoms with E-state index in [1.165, 1.54) is 5.54 Å². The molecular formula is C6H5ClO. The van der Waals surface area contributed by atoms with E-state index in [1.54, 1.807) is 12.3 Å². The summed E-state index contributed by atoms with van der Waals surface area (Å²) in [5.74, 6) is 0.778. The Kier molecular flexibility index (Phi) is 1.75. The Morgan fingerprint density at radius 3 is 3.00 bits per heavy atom. The average molecular weight is 129 g/mol. The summed E-state index contributed by atoms with van der Waals surface area (Å²) in [5.41, 5.74) is 1.42. The number of hydrogen-bond acceptors (Lipinski definition) is 1. The van der Waals surface area contributed by atoms with Crippen molar-refractivity contribution in [2.75, 3.05) is 0 Å². The van der Waals surface area contributed by atoms with E-state index >= 15 is 0 Å². The van der Waals surface area contributed by atoms with Gasteiger partial charge in [-0.1, -0.05) is 11.6 Å². The second-order valence-electron chi connectivity index (χ2n) is 1.31. The lowest BCUT2D eigenvalue weighted by Crippen LogP contribution is -1.53. The average Bonchev–Trinajstić information content (AvgIpc) is 2.19. The zero-order chi connectivity index (χ0) is 5.82. The van der Waals surface area contributed by atoms with Gasteiger partial charge in [-0.15, -0.1) is 0 Å². The summed E-state index contributed by atoms with van der Waals surface area (Å²) in [5, 5.41) is 0. The van der Waals surface area contributed by atoms with Crippen molar-refractivity contribution in [3.05, 3.63) is 29.7 Å². The molecule has 1 aromatic heterocycles. The standard InChI is InChI=1S/C6H5ClO/c7-4-3-6-2-1-5-8-6/h1-5H/b4-3+. The quantitative estimate of drug-likeness (QED) is 0.567. The predicted molar refractivity (Wildman–Crippen MR) is 33.6 cm³/mol. The molecule has 8 heavy (non-hydrogen) atoms. The van der Waals surface area contributed by atoms with Crippen LogP contribution in [0.1, 0.15) is 5.76 Å². The fourth-order valence-corrected chi connectivity index (χ4v) is 0.572. The van der Waals surface area contributed by atoms with Crippen molar-refractivity contribution in [3.8, 4) is 0 Å². The Morgan fingerprint density at radius 2 is 2.50 bits per heavy atom. The van der Waals surface area contributed by atoms with Gasteiger partial charge in [0.25, 0.3) is 0 Å². The fraction of sp³-hybridized carbons (Fsp3) is 0. The molecule has 0 bridgehead atoms. The van der Waals surface area contributed by atoms with Crippen molar-refractivity contribution in [2.45, 2.75) is 0 Å². The number of furan rings is 1. The molecule has 1 nitrogen and oxygen atoms in total. The highest BCUT2D eigenvalue weighted by Gasteiger charge is 1.82. The molecule has 0 atom stereocenters. The Labute approximate surface area is 52.6 Å². The summed E-state index contributed by atoms with van der Waals surface area (Å²) in [6, 6.07) is 3.64. The zero-order valence-electron chi connectivity index (χ0n) is 4.17. The molecular weight excluding hydrogens is 124 g/mol. The first kappa shape index (κ1) is 5.45. The predicted octanol–water partition coefficient (Wildman–Crippen LogP) is 2.49. The van der Waals surface area contributed by atoms with Crippen LogP contribution in [0.5, 0.6) is 0 Å². The lowest BCUT2D eigenvalue weighted by molar-refractivity contribution is 0.557. The number of halogens is 1. The smallest absolute Gasteiger partial charge is 0.127 e. The minimum atomic E-state index is 0.778. The third-order valence-electron chi connectivity index (χ3n) is 0.770. The van der Waals surface area contributed by atoms with Crippen molar-refractivity contribution < 1.29 is 4.42 Å². The van der Waals surface area contributed by atoms with Crippen LogP contribution in [0.25, 0.3) is 6.08 Å². The van der Waals surface area contributed by atoms with Crippen LogP contribution in [0, 0.1) is 0 Å². The third kappa shape index (κ3) is 1.14. The first-order valence-corrected chi connectivity index (χ1v) is 2.67. The van der Waals surface area contributed by atoms with E-state index in [1.807, 2.05) is 12.1 Å². The highest BCUT2D eigenvalue weighted by atomic mass is 35.5. The van der Waals surface area contributed by atoms with Crippen LogP contribution in [0.3, 0.4) is 0 Å². The van der Waals surface area contributed by atoms with E-state index in [4.69, 9.17) is 16.0 Å². The number of rotatable bonds is 1. The number of hydrogen-bond donors (Lipinski definition) is 0. The SMILES string of the molecule is Cl/C=C/c1ccco1. The Balaban J connectivity index is 2.77. The van der Waals surface area contributed by atoms with Gasteiger partial charge in [-0.3, -0.25) is 0 Å². The van der Waals surface area contributed by atoms with E-state index in [-0.39, 0.29) is 0 Å². The molecule has 0 fully saturated rings. The normalized spacial score (nSPS) is 10.6. The van der Waals surface area contributed by atoms with Gasteiger partial charge in [0, 0.05) is 5.54 Å². The minimum Gasteiger partial charge on any atom is -0.465 e. The van der Waals surface area contributed by atoms with Gasteiger partial charge in [-0.25, -0.2) is 0 Å². The molecule has 2 heteroatoms. The van der Waals surface area contributed by atoms with Crippen molar-refractivity contribution in [1.29, 1.82) is 0 Å². The molecule has 0 aromatic carbocycles. The molecule has 0 saturated heterocycles. The Hall–Kier alpha value is -0.690.